The van der Waals surface area contributed by atoms with Crippen molar-refractivity contribution in [1.29, 1.82) is 0 Å². The van der Waals surface area contributed by atoms with Crippen LogP contribution in [-0.4, -0.2) is 17.8 Å². The maximum Gasteiger partial charge on any atom is 0.407 e. The number of rotatable bonds is 7. The topological polar surface area (TPSA) is 58.6 Å². The Hall–Kier alpha value is -2.77. The number of amides is 1. The molecule has 1 aliphatic rings. The molecule has 0 radical (unpaired) electrons. The third-order valence-electron chi connectivity index (χ3n) is 6.21. The molecular formula is C29H23BrClNO3S. The van der Waals surface area contributed by atoms with E-state index in [1.165, 1.54) is 34.0 Å². The Morgan fingerprint density at radius 3 is 2.28 bits per heavy atom. The SMILES string of the molecule is O=C(NCc1cc(Br)cc(Cl)c1Sc1ccccc1CO)OCC1c2ccccc2-c2ccccc21. The number of hydrogen-bond donors (Lipinski definition) is 2. The second-order valence-corrected chi connectivity index (χ2v) is 10.8. The number of ether oxygens (including phenoxy) is 1. The molecule has 0 heterocycles. The zero-order valence-corrected chi connectivity index (χ0v) is 22.4. The zero-order chi connectivity index (χ0) is 25.1. The number of halogens is 2. The first-order chi connectivity index (χ1) is 17.5. The number of benzene rings is 4. The molecule has 0 bridgehead atoms. The van der Waals surface area contributed by atoms with Crippen LogP contribution in [0, 0.1) is 0 Å². The quantitative estimate of drug-likeness (QED) is 0.234. The molecule has 4 aromatic rings. The van der Waals surface area contributed by atoms with Crippen LogP contribution in [0.5, 0.6) is 0 Å². The molecule has 0 unspecified atom stereocenters. The van der Waals surface area contributed by atoms with Gasteiger partial charge in [0.1, 0.15) is 6.61 Å². The minimum absolute atomic E-state index is 0.00423. The lowest BCUT2D eigenvalue weighted by Gasteiger charge is -2.16. The molecule has 0 aromatic heterocycles. The van der Waals surface area contributed by atoms with Gasteiger partial charge in [0.25, 0.3) is 0 Å². The molecule has 0 saturated carbocycles. The summed E-state index contributed by atoms with van der Waals surface area (Å²) >= 11 is 11.5. The summed E-state index contributed by atoms with van der Waals surface area (Å²) in [7, 11) is 0. The standard InChI is InChI=1S/C29H23BrClNO3S/c30-20-13-19(28(26(31)14-20)36-27-12-6-1-7-18(27)16-33)15-32-29(34)35-17-25-23-10-4-2-8-21(23)22-9-3-5-11-24(22)25/h1-14,25,33H,15-17H2,(H,32,34). The van der Waals surface area contributed by atoms with Gasteiger partial charge in [0.15, 0.2) is 0 Å². The predicted molar refractivity (Wildman–Crippen MR) is 148 cm³/mol. The van der Waals surface area contributed by atoms with Gasteiger partial charge in [0, 0.05) is 26.7 Å². The van der Waals surface area contributed by atoms with Gasteiger partial charge in [0.2, 0.25) is 0 Å². The van der Waals surface area contributed by atoms with Crippen molar-refractivity contribution in [1.82, 2.24) is 5.32 Å². The van der Waals surface area contributed by atoms with E-state index >= 15 is 0 Å². The number of hydrogen-bond acceptors (Lipinski definition) is 4. The van der Waals surface area contributed by atoms with Crippen molar-refractivity contribution < 1.29 is 14.6 Å². The van der Waals surface area contributed by atoms with E-state index in [0.29, 0.717) is 5.02 Å². The lowest BCUT2D eigenvalue weighted by Crippen LogP contribution is -2.26. The molecular weight excluding hydrogens is 558 g/mol. The molecule has 4 nitrogen and oxygen atoms in total. The second-order valence-electron chi connectivity index (χ2n) is 8.42. The Kier molecular flexibility index (Phi) is 7.67. The number of nitrogens with one attached hydrogen (secondary N) is 1. The van der Waals surface area contributed by atoms with Gasteiger partial charge in [0.05, 0.1) is 11.6 Å². The fraction of sp³-hybridized carbons (Fsp3) is 0.138. The van der Waals surface area contributed by atoms with E-state index in [-0.39, 0.29) is 25.7 Å². The van der Waals surface area contributed by atoms with Gasteiger partial charge in [-0.25, -0.2) is 4.79 Å². The van der Waals surface area contributed by atoms with E-state index in [1.807, 2.05) is 60.7 Å². The summed E-state index contributed by atoms with van der Waals surface area (Å²) in [6, 6.07) is 27.9. The molecule has 0 fully saturated rings. The first kappa shape index (κ1) is 24.9. The van der Waals surface area contributed by atoms with Gasteiger partial charge < -0.3 is 15.2 Å². The zero-order valence-electron chi connectivity index (χ0n) is 19.2. The molecule has 4 aromatic carbocycles. The van der Waals surface area contributed by atoms with Gasteiger partial charge in [-0.3, -0.25) is 0 Å². The Morgan fingerprint density at radius 2 is 1.58 bits per heavy atom. The van der Waals surface area contributed by atoms with Gasteiger partial charge in [-0.1, -0.05) is 106 Å². The summed E-state index contributed by atoms with van der Waals surface area (Å²) in [4.78, 5) is 14.4. The fourth-order valence-electron chi connectivity index (χ4n) is 4.52. The summed E-state index contributed by atoms with van der Waals surface area (Å²) in [5.41, 5.74) is 6.39. The Labute approximate surface area is 227 Å². The van der Waals surface area contributed by atoms with Crippen LogP contribution in [0.25, 0.3) is 11.1 Å². The molecule has 0 spiro atoms. The highest BCUT2D eigenvalue weighted by Crippen LogP contribution is 2.44. The summed E-state index contributed by atoms with van der Waals surface area (Å²) in [5, 5.41) is 13.1. The maximum absolute atomic E-state index is 12.7. The van der Waals surface area contributed by atoms with E-state index < -0.39 is 6.09 Å². The van der Waals surface area contributed by atoms with Gasteiger partial charge in [-0.2, -0.15) is 0 Å². The van der Waals surface area contributed by atoms with Crippen LogP contribution in [0.1, 0.15) is 28.2 Å². The van der Waals surface area contributed by atoms with Crippen molar-refractivity contribution in [3.05, 3.63) is 117 Å². The molecule has 182 valence electrons. The van der Waals surface area contributed by atoms with Gasteiger partial charge >= 0.3 is 6.09 Å². The third-order valence-corrected chi connectivity index (χ3v) is 8.38. The Morgan fingerprint density at radius 1 is 0.944 bits per heavy atom. The van der Waals surface area contributed by atoms with Crippen LogP contribution in [0.15, 0.2) is 99.2 Å². The van der Waals surface area contributed by atoms with Crippen molar-refractivity contribution in [3.8, 4) is 11.1 Å². The lowest BCUT2D eigenvalue weighted by atomic mass is 9.98. The summed E-state index contributed by atoms with van der Waals surface area (Å²) < 4.78 is 6.50. The first-order valence-electron chi connectivity index (χ1n) is 11.5. The fourth-order valence-corrected chi connectivity index (χ4v) is 6.56. The van der Waals surface area contributed by atoms with E-state index in [4.69, 9.17) is 16.3 Å². The molecule has 1 aliphatic carbocycles. The Balaban J connectivity index is 1.28. The van der Waals surface area contributed by atoms with E-state index in [9.17, 15) is 9.90 Å². The molecule has 7 heteroatoms. The number of aliphatic hydroxyl groups is 1. The highest BCUT2D eigenvalue weighted by molar-refractivity contribution is 9.10. The number of aliphatic hydroxyl groups excluding tert-OH is 1. The van der Waals surface area contributed by atoms with Crippen molar-refractivity contribution >= 4 is 45.4 Å². The number of alkyl carbamates (subject to hydrolysis) is 1. The van der Waals surface area contributed by atoms with Gasteiger partial charge in [-0.15, -0.1) is 0 Å². The van der Waals surface area contributed by atoms with Crippen molar-refractivity contribution in [2.24, 2.45) is 0 Å². The average Bonchev–Trinajstić information content (AvgIpc) is 3.22. The van der Waals surface area contributed by atoms with E-state index in [0.717, 1.165) is 25.4 Å². The predicted octanol–water partition coefficient (Wildman–Crippen LogP) is 7.78. The normalized spacial score (nSPS) is 12.2. The van der Waals surface area contributed by atoms with Crippen LogP contribution in [-0.2, 0) is 17.9 Å². The molecule has 1 amide bonds. The van der Waals surface area contributed by atoms with Crippen molar-refractivity contribution in [3.63, 3.8) is 0 Å². The highest BCUT2D eigenvalue weighted by atomic mass is 79.9. The molecule has 5 rings (SSSR count). The molecule has 0 saturated heterocycles. The summed E-state index contributed by atoms with van der Waals surface area (Å²) in [6.45, 7) is 0.439. The van der Waals surface area contributed by atoms with E-state index in [2.05, 4.69) is 45.5 Å². The summed E-state index contributed by atoms with van der Waals surface area (Å²) in [5.74, 6) is 0.00423. The molecule has 36 heavy (non-hydrogen) atoms. The van der Waals surface area contributed by atoms with Crippen LogP contribution >= 0.6 is 39.3 Å². The van der Waals surface area contributed by atoms with Crippen molar-refractivity contribution in [2.75, 3.05) is 6.61 Å². The number of carbonyl (C=O) groups is 1. The van der Waals surface area contributed by atoms with Crippen LogP contribution in [0.2, 0.25) is 5.02 Å². The molecule has 0 aliphatic heterocycles. The third kappa shape index (κ3) is 5.18. The van der Waals surface area contributed by atoms with E-state index in [1.54, 1.807) is 0 Å². The smallest absolute Gasteiger partial charge is 0.407 e. The number of fused-ring (bicyclic) bond motifs is 3. The Bertz CT molecular complexity index is 1380. The molecule has 0 atom stereocenters. The minimum atomic E-state index is -0.486. The monoisotopic (exact) mass is 579 g/mol. The minimum Gasteiger partial charge on any atom is -0.449 e. The second kappa shape index (κ2) is 11.1. The first-order valence-corrected chi connectivity index (χ1v) is 13.5. The van der Waals surface area contributed by atoms with Crippen molar-refractivity contribution in [2.45, 2.75) is 28.9 Å². The summed E-state index contributed by atoms with van der Waals surface area (Å²) in [6.07, 6.45) is -0.486. The largest absolute Gasteiger partial charge is 0.449 e. The maximum atomic E-state index is 12.7. The average molecular weight is 581 g/mol. The lowest BCUT2D eigenvalue weighted by molar-refractivity contribution is 0.142. The van der Waals surface area contributed by atoms with Crippen LogP contribution < -0.4 is 5.32 Å². The highest BCUT2D eigenvalue weighted by Gasteiger charge is 2.29. The number of carbonyl (C=O) groups excluding carboxylic acids is 1. The molecule has 2 N–H and O–H groups in total. The van der Waals surface area contributed by atoms with Gasteiger partial charge in [-0.05, 0) is 51.6 Å². The van der Waals surface area contributed by atoms with Crippen LogP contribution in [0.3, 0.4) is 0 Å². The van der Waals surface area contributed by atoms with Crippen LogP contribution in [0.4, 0.5) is 4.79 Å².